The van der Waals surface area contributed by atoms with E-state index in [1.165, 1.54) is 60.8 Å². The standard InChI is InChI=1S/C54H38N2/c1-3-15-39(16-4-1)40-29-33-46(34-30-40)55(52-26-10-7-23-49(52)42-17-5-2-6-18-42)48-22-14-21-45(38-48)44-20-13-19-43(37-44)41-31-35-47(36-32-41)56-53-27-11-8-24-50(53)51-25-9-12-28-54(51)56/h1-38H. The molecule has 56 heavy (non-hydrogen) atoms. The third-order valence-electron chi connectivity index (χ3n) is 10.8. The molecule has 0 spiro atoms. The maximum absolute atomic E-state index is 2.39. The van der Waals surface area contributed by atoms with Crippen molar-refractivity contribution >= 4 is 38.9 Å². The van der Waals surface area contributed by atoms with E-state index in [1.807, 2.05) is 0 Å². The summed E-state index contributed by atoms with van der Waals surface area (Å²) in [5.74, 6) is 0. The maximum Gasteiger partial charge on any atom is 0.0541 e. The minimum Gasteiger partial charge on any atom is -0.310 e. The zero-order chi connectivity index (χ0) is 37.3. The van der Waals surface area contributed by atoms with Gasteiger partial charge in [-0.05, 0) is 99.6 Å². The summed E-state index contributed by atoms with van der Waals surface area (Å²) in [6, 6.07) is 83.0. The second-order valence-electron chi connectivity index (χ2n) is 14.2. The van der Waals surface area contributed by atoms with Gasteiger partial charge in [0.05, 0.1) is 16.7 Å². The molecule has 0 bridgehead atoms. The molecule has 0 amide bonds. The van der Waals surface area contributed by atoms with Crippen molar-refractivity contribution in [3.05, 3.63) is 231 Å². The van der Waals surface area contributed by atoms with Crippen molar-refractivity contribution in [3.8, 4) is 50.2 Å². The second-order valence-corrected chi connectivity index (χ2v) is 14.2. The second kappa shape index (κ2) is 14.4. The number of hydrogen-bond acceptors (Lipinski definition) is 1. The normalized spacial score (nSPS) is 11.2. The smallest absolute Gasteiger partial charge is 0.0541 e. The Morgan fingerprint density at radius 3 is 1.43 bits per heavy atom. The fraction of sp³-hybridized carbons (Fsp3) is 0. The molecule has 0 aliphatic rings. The summed E-state index contributed by atoms with van der Waals surface area (Å²) >= 11 is 0. The van der Waals surface area contributed by atoms with E-state index in [2.05, 4.69) is 240 Å². The van der Waals surface area contributed by atoms with Crippen LogP contribution in [0.15, 0.2) is 231 Å². The van der Waals surface area contributed by atoms with Gasteiger partial charge in [-0.3, -0.25) is 0 Å². The lowest BCUT2D eigenvalue weighted by Gasteiger charge is -2.28. The molecular formula is C54H38N2. The summed E-state index contributed by atoms with van der Waals surface area (Å²) in [7, 11) is 0. The first-order valence-electron chi connectivity index (χ1n) is 19.2. The molecule has 0 saturated carbocycles. The Bertz CT molecular complexity index is 2890. The highest BCUT2D eigenvalue weighted by atomic mass is 15.1. The van der Waals surface area contributed by atoms with Crippen LogP contribution in [-0.4, -0.2) is 4.57 Å². The third kappa shape index (κ3) is 6.14. The number of aromatic nitrogens is 1. The van der Waals surface area contributed by atoms with Gasteiger partial charge in [0.2, 0.25) is 0 Å². The quantitative estimate of drug-likeness (QED) is 0.152. The summed E-state index contributed by atoms with van der Waals surface area (Å²) in [5.41, 5.74) is 16.4. The number of hydrogen-bond donors (Lipinski definition) is 0. The van der Waals surface area contributed by atoms with Crippen LogP contribution in [0.5, 0.6) is 0 Å². The summed E-state index contributed by atoms with van der Waals surface area (Å²) in [5, 5.41) is 2.54. The van der Waals surface area contributed by atoms with E-state index in [9.17, 15) is 0 Å². The first-order chi connectivity index (χ1) is 27.8. The van der Waals surface area contributed by atoms with Crippen LogP contribution in [0.3, 0.4) is 0 Å². The van der Waals surface area contributed by atoms with Crippen molar-refractivity contribution < 1.29 is 0 Å². The van der Waals surface area contributed by atoms with Crippen molar-refractivity contribution in [2.24, 2.45) is 0 Å². The Morgan fingerprint density at radius 1 is 0.286 bits per heavy atom. The largest absolute Gasteiger partial charge is 0.310 e. The summed E-state index contributed by atoms with van der Waals surface area (Å²) in [4.78, 5) is 2.39. The first kappa shape index (κ1) is 33.2. The molecule has 2 heteroatoms. The van der Waals surface area contributed by atoms with Crippen molar-refractivity contribution in [1.29, 1.82) is 0 Å². The molecule has 0 unspecified atom stereocenters. The predicted octanol–water partition coefficient (Wildman–Crippen LogP) is 14.9. The lowest BCUT2D eigenvalue weighted by atomic mass is 9.97. The number of rotatable bonds is 8. The Morgan fingerprint density at radius 2 is 0.750 bits per heavy atom. The number of nitrogens with zero attached hydrogens (tertiary/aromatic N) is 2. The van der Waals surface area contributed by atoms with Gasteiger partial charge in [-0.25, -0.2) is 0 Å². The lowest BCUT2D eigenvalue weighted by molar-refractivity contribution is 1.18. The zero-order valence-electron chi connectivity index (χ0n) is 30.8. The third-order valence-corrected chi connectivity index (χ3v) is 10.8. The van der Waals surface area contributed by atoms with E-state index in [1.54, 1.807) is 0 Å². The minimum absolute atomic E-state index is 1.10. The van der Waals surface area contributed by atoms with Crippen molar-refractivity contribution in [3.63, 3.8) is 0 Å². The highest BCUT2D eigenvalue weighted by Gasteiger charge is 2.18. The Labute approximate surface area is 327 Å². The van der Waals surface area contributed by atoms with E-state index in [0.717, 1.165) is 28.3 Å². The maximum atomic E-state index is 2.39. The van der Waals surface area contributed by atoms with E-state index in [-0.39, 0.29) is 0 Å². The minimum atomic E-state index is 1.10. The topological polar surface area (TPSA) is 8.17 Å². The van der Waals surface area contributed by atoms with Gasteiger partial charge < -0.3 is 9.47 Å². The monoisotopic (exact) mass is 714 g/mol. The predicted molar refractivity (Wildman–Crippen MR) is 237 cm³/mol. The van der Waals surface area contributed by atoms with E-state index >= 15 is 0 Å². The van der Waals surface area contributed by atoms with Gasteiger partial charge in [0.15, 0.2) is 0 Å². The molecule has 0 saturated heterocycles. The van der Waals surface area contributed by atoms with Crippen LogP contribution in [0.4, 0.5) is 17.1 Å². The molecule has 0 atom stereocenters. The highest BCUT2D eigenvalue weighted by molar-refractivity contribution is 6.09. The van der Waals surface area contributed by atoms with Crippen molar-refractivity contribution in [2.45, 2.75) is 0 Å². The molecule has 1 aromatic heterocycles. The van der Waals surface area contributed by atoms with E-state index in [0.29, 0.717) is 0 Å². The Balaban J connectivity index is 1.03. The van der Waals surface area contributed by atoms with Crippen LogP contribution >= 0.6 is 0 Å². The fourth-order valence-electron chi connectivity index (χ4n) is 8.10. The molecule has 2 nitrogen and oxygen atoms in total. The molecule has 10 aromatic rings. The molecule has 1 heterocycles. The van der Waals surface area contributed by atoms with Crippen molar-refractivity contribution in [1.82, 2.24) is 4.57 Å². The fourth-order valence-corrected chi connectivity index (χ4v) is 8.10. The molecule has 0 N–H and O–H groups in total. The molecule has 0 aliphatic heterocycles. The molecule has 0 fully saturated rings. The summed E-state index contributed by atoms with van der Waals surface area (Å²) < 4.78 is 2.37. The number of benzene rings is 9. The molecular weight excluding hydrogens is 677 g/mol. The van der Waals surface area contributed by atoms with Crippen LogP contribution in [0.1, 0.15) is 0 Å². The van der Waals surface area contributed by atoms with Gasteiger partial charge in [0, 0.05) is 33.4 Å². The Hall–Kier alpha value is -7.42. The van der Waals surface area contributed by atoms with Gasteiger partial charge in [-0.2, -0.15) is 0 Å². The SMILES string of the molecule is c1ccc(-c2ccc(N(c3cccc(-c4cccc(-c5ccc(-n6c7ccccc7c7ccccc76)cc5)c4)c3)c3ccccc3-c3ccccc3)cc2)cc1. The van der Waals surface area contributed by atoms with Gasteiger partial charge >= 0.3 is 0 Å². The summed E-state index contributed by atoms with van der Waals surface area (Å²) in [6.07, 6.45) is 0. The van der Waals surface area contributed by atoms with Gasteiger partial charge in [-0.15, -0.1) is 0 Å². The first-order valence-corrected chi connectivity index (χ1v) is 19.2. The average Bonchev–Trinajstić information content (AvgIpc) is 3.62. The number of para-hydroxylation sites is 3. The molecule has 264 valence electrons. The molecule has 9 aromatic carbocycles. The summed E-state index contributed by atoms with van der Waals surface area (Å²) in [6.45, 7) is 0. The van der Waals surface area contributed by atoms with Crippen LogP contribution in [0, 0.1) is 0 Å². The average molecular weight is 715 g/mol. The van der Waals surface area contributed by atoms with Crippen molar-refractivity contribution in [2.75, 3.05) is 4.90 Å². The van der Waals surface area contributed by atoms with Gasteiger partial charge in [-0.1, -0.05) is 170 Å². The van der Waals surface area contributed by atoms with Gasteiger partial charge in [0.25, 0.3) is 0 Å². The van der Waals surface area contributed by atoms with Crippen LogP contribution in [0.2, 0.25) is 0 Å². The molecule has 10 rings (SSSR count). The van der Waals surface area contributed by atoms with E-state index < -0.39 is 0 Å². The van der Waals surface area contributed by atoms with Gasteiger partial charge in [0.1, 0.15) is 0 Å². The van der Waals surface area contributed by atoms with Crippen LogP contribution < -0.4 is 4.90 Å². The number of anilines is 3. The van der Waals surface area contributed by atoms with Crippen LogP contribution in [0.25, 0.3) is 72.0 Å². The number of fused-ring (bicyclic) bond motifs is 3. The molecule has 0 aliphatic carbocycles. The molecule has 0 radical (unpaired) electrons. The van der Waals surface area contributed by atoms with Crippen LogP contribution in [-0.2, 0) is 0 Å². The lowest BCUT2D eigenvalue weighted by Crippen LogP contribution is -2.11. The zero-order valence-corrected chi connectivity index (χ0v) is 30.8. The van der Waals surface area contributed by atoms with E-state index in [4.69, 9.17) is 0 Å². The Kier molecular flexibility index (Phi) is 8.55. The highest BCUT2D eigenvalue weighted by Crippen LogP contribution is 2.42.